The van der Waals surface area contributed by atoms with Crippen LogP contribution in [0, 0.1) is 0 Å². The summed E-state index contributed by atoms with van der Waals surface area (Å²) in [6, 6.07) is 16.5. The summed E-state index contributed by atoms with van der Waals surface area (Å²) in [5, 5.41) is 17.0. The number of aromatic nitrogens is 3. The molecule has 35 heavy (non-hydrogen) atoms. The fraction of sp³-hybridized carbons (Fsp3) is 0.269. The highest BCUT2D eigenvalue weighted by molar-refractivity contribution is 5.83. The Hall–Kier alpha value is -3.95. The van der Waals surface area contributed by atoms with Crippen molar-refractivity contribution in [2.24, 2.45) is 0 Å². The number of anilines is 4. The molecule has 180 valence electrons. The molecule has 0 bridgehead atoms. The van der Waals surface area contributed by atoms with Gasteiger partial charge in [-0.15, -0.1) is 0 Å². The van der Waals surface area contributed by atoms with Gasteiger partial charge in [0.05, 0.1) is 17.4 Å². The zero-order chi connectivity index (χ0) is 24.4. The van der Waals surface area contributed by atoms with Gasteiger partial charge < -0.3 is 25.2 Å². The van der Waals surface area contributed by atoms with Crippen molar-refractivity contribution in [3.05, 3.63) is 67.0 Å². The average Bonchev–Trinajstić information content (AvgIpc) is 2.82. The summed E-state index contributed by atoms with van der Waals surface area (Å²) >= 11 is 0. The lowest BCUT2D eigenvalue weighted by molar-refractivity contribution is -0.204. The number of fused-ring (bicyclic) bond motifs is 1. The summed E-state index contributed by atoms with van der Waals surface area (Å²) in [4.78, 5) is 15.4. The Morgan fingerprint density at radius 2 is 1.77 bits per heavy atom. The highest BCUT2D eigenvalue weighted by Crippen LogP contribution is 2.39. The zero-order valence-corrected chi connectivity index (χ0v) is 19.9. The minimum absolute atomic E-state index is 0.135. The summed E-state index contributed by atoms with van der Waals surface area (Å²) in [7, 11) is 5.79. The van der Waals surface area contributed by atoms with Crippen LogP contribution < -0.4 is 15.4 Å². The van der Waals surface area contributed by atoms with Crippen molar-refractivity contribution < 1.29 is 14.6 Å². The molecule has 2 aromatic carbocycles. The number of phenolic OH excluding ortho intramolecular Hbond substituents is 1. The molecular formula is C26H28N6O3. The smallest absolute Gasteiger partial charge is 0.229 e. The van der Waals surface area contributed by atoms with Crippen molar-refractivity contribution in [3.8, 4) is 11.5 Å². The van der Waals surface area contributed by atoms with Gasteiger partial charge >= 0.3 is 0 Å². The number of nitrogens with one attached hydrogen (secondary N) is 2. The van der Waals surface area contributed by atoms with Gasteiger partial charge in [-0.05, 0) is 68.7 Å². The number of pyridine rings is 1. The van der Waals surface area contributed by atoms with Crippen LogP contribution in [0.1, 0.15) is 12.8 Å². The molecule has 0 amide bonds. The highest BCUT2D eigenvalue weighted by atomic mass is 16.5. The van der Waals surface area contributed by atoms with E-state index in [0.717, 1.165) is 40.9 Å². The largest absolute Gasteiger partial charge is 0.508 e. The lowest BCUT2D eigenvalue weighted by Gasteiger charge is -2.50. The molecule has 9 nitrogen and oxygen atoms in total. The Morgan fingerprint density at radius 1 is 0.971 bits per heavy atom. The summed E-state index contributed by atoms with van der Waals surface area (Å²) in [6.07, 6.45) is 5.20. The molecular weight excluding hydrogens is 444 g/mol. The van der Waals surface area contributed by atoms with Crippen LogP contribution in [0.5, 0.6) is 11.5 Å². The quantitative estimate of drug-likeness (QED) is 0.316. The topological polar surface area (TPSA) is 105 Å². The van der Waals surface area contributed by atoms with Crippen LogP contribution in [-0.4, -0.2) is 58.0 Å². The second kappa shape index (κ2) is 9.36. The monoisotopic (exact) mass is 472 g/mol. The van der Waals surface area contributed by atoms with Crippen molar-refractivity contribution in [1.82, 2.24) is 19.9 Å². The number of nitrogens with zero attached hydrogens (tertiary/aromatic N) is 4. The Morgan fingerprint density at radius 3 is 2.51 bits per heavy atom. The number of hydrogen-bond donors (Lipinski definition) is 3. The molecule has 0 saturated heterocycles. The number of ether oxygens (including phenoxy) is 2. The molecule has 0 aliphatic heterocycles. The summed E-state index contributed by atoms with van der Waals surface area (Å²) < 4.78 is 11.8. The molecule has 0 radical (unpaired) electrons. The molecule has 1 saturated carbocycles. The fourth-order valence-electron chi connectivity index (χ4n) is 4.21. The number of phenols is 1. The third kappa shape index (κ3) is 4.96. The SMILES string of the molecule is COC1(N(C)C)CC(Oc2ccc(Nc3nccc(Nc4cnc5ccc(O)cc5c4)n3)cc2)C1. The van der Waals surface area contributed by atoms with Gasteiger partial charge in [-0.2, -0.15) is 4.98 Å². The lowest BCUT2D eigenvalue weighted by atomic mass is 9.83. The number of hydrogen-bond acceptors (Lipinski definition) is 9. The van der Waals surface area contributed by atoms with E-state index in [1.54, 1.807) is 43.8 Å². The molecule has 0 atom stereocenters. The molecule has 9 heteroatoms. The zero-order valence-electron chi connectivity index (χ0n) is 19.9. The Labute approximate surface area is 203 Å². The van der Waals surface area contributed by atoms with E-state index in [2.05, 4.69) is 30.5 Å². The molecule has 0 spiro atoms. The van der Waals surface area contributed by atoms with E-state index in [1.165, 1.54) is 0 Å². The van der Waals surface area contributed by atoms with Gasteiger partial charge in [0.15, 0.2) is 0 Å². The molecule has 1 aliphatic carbocycles. The van der Waals surface area contributed by atoms with Crippen LogP contribution in [0.15, 0.2) is 67.0 Å². The molecule has 4 aromatic rings. The van der Waals surface area contributed by atoms with Crippen molar-refractivity contribution in [1.29, 1.82) is 0 Å². The number of aromatic hydroxyl groups is 1. The van der Waals surface area contributed by atoms with Crippen LogP contribution in [0.3, 0.4) is 0 Å². The van der Waals surface area contributed by atoms with E-state index in [-0.39, 0.29) is 17.6 Å². The van der Waals surface area contributed by atoms with Crippen molar-refractivity contribution in [3.63, 3.8) is 0 Å². The molecule has 1 fully saturated rings. The molecule has 3 N–H and O–H groups in total. The maximum absolute atomic E-state index is 9.72. The first-order valence-corrected chi connectivity index (χ1v) is 11.4. The van der Waals surface area contributed by atoms with E-state index in [4.69, 9.17) is 9.47 Å². The highest BCUT2D eigenvalue weighted by Gasteiger charge is 2.48. The van der Waals surface area contributed by atoms with Gasteiger partial charge in [-0.1, -0.05) is 0 Å². The predicted molar refractivity (Wildman–Crippen MR) is 136 cm³/mol. The van der Waals surface area contributed by atoms with Crippen molar-refractivity contribution in [2.75, 3.05) is 31.8 Å². The van der Waals surface area contributed by atoms with Crippen molar-refractivity contribution >= 4 is 34.0 Å². The number of benzene rings is 2. The van der Waals surface area contributed by atoms with Crippen LogP contribution in [0.4, 0.5) is 23.1 Å². The van der Waals surface area contributed by atoms with E-state index in [0.29, 0.717) is 11.8 Å². The predicted octanol–water partition coefficient (Wildman–Crippen LogP) is 4.66. The third-order valence-corrected chi connectivity index (χ3v) is 6.29. The summed E-state index contributed by atoms with van der Waals surface area (Å²) in [5.74, 6) is 2.10. The van der Waals surface area contributed by atoms with Crippen LogP contribution in [-0.2, 0) is 4.74 Å². The van der Waals surface area contributed by atoms with Gasteiger partial charge in [-0.25, -0.2) is 4.98 Å². The van der Waals surface area contributed by atoms with Gasteiger partial charge in [0.1, 0.15) is 29.1 Å². The van der Waals surface area contributed by atoms with Gasteiger partial charge in [0.25, 0.3) is 0 Å². The summed E-state index contributed by atoms with van der Waals surface area (Å²) in [6.45, 7) is 0. The molecule has 2 heterocycles. The van der Waals surface area contributed by atoms with Gasteiger partial charge in [0, 0.05) is 37.2 Å². The fourth-order valence-corrected chi connectivity index (χ4v) is 4.21. The number of rotatable bonds is 8. The third-order valence-electron chi connectivity index (χ3n) is 6.29. The second-order valence-corrected chi connectivity index (χ2v) is 8.83. The second-order valence-electron chi connectivity index (χ2n) is 8.83. The Kier molecular flexibility index (Phi) is 6.10. The van der Waals surface area contributed by atoms with E-state index >= 15 is 0 Å². The van der Waals surface area contributed by atoms with Gasteiger partial charge in [-0.3, -0.25) is 9.88 Å². The summed E-state index contributed by atoms with van der Waals surface area (Å²) in [5.41, 5.74) is 2.19. The average molecular weight is 473 g/mol. The maximum Gasteiger partial charge on any atom is 0.229 e. The van der Waals surface area contributed by atoms with Crippen LogP contribution in [0.2, 0.25) is 0 Å². The van der Waals surface area contributed by atoms with E-state index in [9.17, 15) is 5.11 Å². The minimum atomic E-state index is -0.229. The van der Waals surface area contributed by atoms with E-state index < -0.39 is 0 Å². The standard InChI is InChI=1S/C26H28N6O3/c1-32(2)26(34-3)14-22(15-26)35-21-7-4-18(5-8-21)30-25-27-11-10-24(31-25)29-19-12-17-13-20(33)6-9-23(17)28-16-19/h4-13,16,22,33H,14-15H2,1-3H3,(H2,27,29,30,31). The lowest BCUT2D eigenvalue weighted by Crippen LogP contribution is -2.59. The Balaban J connectivity index is 1.20. The first kappa shape index (κ1) is 22.8. The normalized spacial score (nSPS) is 19.4. The van der Waals surface area contributed by atoms with Gasteiger partial charge in [0.2, 0.25) is 5.95 Å². The number of methoxy groups -OCH3 is 1. The molecule has 2 aromatic heterocycles. The molecule has 1 aliphatic rings. The first-order valence-electron chi connectivity index (χ1n) is 11.4. The van der Waals surface area contributed by atoms with Crippen molar-refractivity contribution in [2.45, 2.75) is 24.7 Å². The molecule has 5 rings (SSSR count). The first-order chi connectivity index (χ1) is 16.9. The molecule has 0 unspecified atom stereocenters. The van der Waals surface area contributed by atoms with Crippen LogP contribution in [0.25, 0.3) is 10.9 Å². The maximum atomic E-state index is 9.72. The van der Waals surface area contributed by atoms with Crippen LogP contribution >= 0.6 is 0 Å². The Bertz CT molecular complexity index is 1320. The minimum Gasteiger partial charge on any atom is -0.508 e. The van der Waals surface area contributed by atoms with E-state index in [1.807, 2.05) is 44.4 Å².